The van der Waals surface area contributed by atoms with E-state index < -0.39 is 17.9 Å². The summed E-state index contributed by atoms with van der Waals surface area (Å²) in [6.45, 7) is 13.3. The van der Waals surface area contributed by atoms with Crippen molar-refractivity contribution >= 4 is 71.0 Å². The molecule has 2 N–H and O–H groups in total. The van der Waals surface area contributed by atoms with Crippen LogP contribution in [0.15, 0.2) is 73.6 Å². The molecule has 11 heterocycles. The van der Waals surface area contributed by atoms with Gasteiger partial charge in [0, 0.05) is 65.1 Å². The second-order valence-electron chi connectivity index (χ2n) is 18.0. The lowest BCUT2D eigenvalue weighted by Crippen LogP contribution is -2.48. The van der Waals surface area contributed by atoms with E-state index in [0.29, 0.717) is 40.7 Å². The van der Waals surface area contributed by atoms with E-state index in [2.05, 4.69) is 88.2 Å². The molecule has 6 aromatic rings. The summed E-state index contributed by atoms with van der Waals surface area (Å²) < 4.78 is 54.1. The molecule has 20 nitrogen and oxygen atoms in total. The number of carbonyl (C=O) groups is 2. The standard InChI is InChI=1S/C19H17F3N8O.C14H13ClN6O.C11H19BN2O2/c1-28-14(8-15(27-28)19(20,21)22)12-2-3-13-17(25-12)30(11-4-7-29(13)10-11)18(31)26-16-9-23-5-6-24-16;15-11-2-1-10-13(18-11)21(9-3-6-20(10)8-9)14(22)19-12-7-16-4-5-17-12;1-8-7-9(14(6)13-8)12-15-10(2,3)11(4,5)16-12/h2-3,5-6,8-9,11H,4,7,10H2,1H3,(H,24,26,31);1-2,4-5,7,9H,3,6,8H2,(H,17,19,22);7H,1-6H3/t11-;9-;/m00./s1. The van der Waals surface area contributed by atoms with Gasteiger partial charge in [-0.25, -0.2) is 29.5 Å². The number of rotatable bonds is 4. The van der Waals surface area contributed by atoms with Crippen molar-refractivity contribution in [2.45, 2.75) is 76.9 Å². The fourth-order valence-electron chi connectivity index (χ4n) is 8.79. The molecule has 2 atom stereocenters. The highest BCUT2D eigenvalue weighted by molar-refractivity contribution is 6.61. The number of nitrogens with zero attached hydrogens (tertiary/aromatic N) is 14. The van der Waals surface area contributed by atoms with Crippen molar-refractivity contribution in [1.29, 1.82) is 0 Å². The summed E-state index contributed by atoms with van der Waals surface area (Å²) in [5.41, 5.74) is 2.55. The Labute approximate surface area is 400 Å². The Morgan fingerprint density at radius 2 is 1.29 bits per heavy atom. The van der Waals surface area contributed by atoms with Crippen LogP contribution in [0.1, 0.15) is 51.9 Å². The number of hydrogen-bond donors (Lipinski definition) is 2. The number of hydrogen-bond acceptors (Lipinski definition) is 14. The molecule has 0 unspecified atom stereocenters. The fraction of sp³-hybridized carbons (Fsp3) is 0.409. The van der Waals surface area contributed by atoms with Crippen molar-refractivity contribution in [2.24, 2.45) is 14.1 Å². The topological polar surface area (TPSA) is 203 Å². The van der Waals surface area contributed by atoms with Gasteiger partial charge in [-0.3, -0.25) is 39.8 Å². The quantitative estimate of drug-likeness (QED) is 0.151. The molecule has 6 aromatic heterocycles. The molecule has 0 aromatic carbocycles. The molecular formula is C44H49BClF3N16O4. The first-order chi connectivity index (χ1) is 32.8. The summed E-state index contributed by atoms with van der Waals surface area (Å²) >= 11 is 6.01. The number of aromatic nitrogens is 10. The third-order valence-electron chi connectivity index (χ3n) is 12.9. The van der Waals surface area contributed by atoms with Crippen LogP contribution in [0.2, 0.25) is 5.15 Å². The van der Waals surface area contributed by atoms with Crippen molar-refractivity contribution in [1.82, 2.24) is 49.5 Å². The zero-order valence-electron chi connectivity index (χ0n) is 38.8. The highest BCUT2D eigenvalue weighted by Gasteiger charge is 2.53. The average Bonchev–Trinajstić information content (AvgIpc) is 4.13. The molecule has 5 aliphatic rings. The minimum Gasteiger partial charge on any atom is -0.398 e. The third kappa shape index (κ3) is 9.47. The molecule has 11 rings (SSSR count). The molecule has 4 amide bonds. The normalized spacial score (nSPS) is 19.3. The Kier molecular flexibility index (Phi) is 12.4. The van der Waals surface area contributed by atoms with Crippen LogP contribution in [0.25, 0.3) is 11.4 Å². The van der Waals surface area contributed by atoms with Crippen LogP contribution in [0.5, 0.6) is 0 Å². The number of halogens is 4. The van der Waals surface area contributed by atoms with Gasteiger partial charge >= 0.3 is 25.4 Å². The first kappa shape index (κ1) is 47.2. The van der Waals surface area contributed by atoms with Crippen molar-refractivity contribution in [3.8, 4) is 11.4 Å². The van der Waals surface area contributed by atoms with Crippen LogP contribution < -0.4 is 35.8 Å². The van der Waals surface area contributed by atoms with Crippen LogP contribution in [0.3, 0.4) is 0 Å². The smallest absolute Gasteiger partial charge is 0.398 e. The van der Waals surface area contributed by atoms with E-state index in [0.717, 1.165) is 65.9 Å². The molecule has 0 radical (unpaired) electrons. The predicted octanol–water partition coefficient (Wildman–Crippen LogP) is 6.11. The van der Waals surface area contributed by atoms with Gasteiger partial charge in [-0.2, -0.15) is 23.4 Å². The van der Waals surface area contributed by atoms with Crippen LogP contribution >= 0.6 is 11.6 Å². The molecule has 0 aliphatic carbocycles. The van der Waals surface area contributed by atoms with Crippen molar-refractivity contribution in [2.75, 3.05) is 56.4 Å². The van der Waals surface area contributed by atoms with Crippen molar-refractivity contribution in [3.63, 3.8) is 0 Å². The number of aryl methyl sites for hydroxylation is 3. The Balaban J connectivity index is 0.000000137. The van der Waals surface area contributed by atoms with Crippen LogP contribution in [0, 0.1) is 6.92 Å². The maximum Gasteiger partial charge on any atom is 0.514 e. The van der Waals surface area contributed by atoms with Gasteiger partial charge in [0.1, 0.15) is 5.15 Å². The first-order valence-electron chi connectivity index (χ1n) is 22.1. The van der Waals surface area contributed by atoms with Crippen molar-refractivity contribution in [3.05, 3.63) is 90.1 Å². The molecule has 0 spiro atoms. The molecule has 360 valence electrons. The van der Waals surface area contributed by atoms with Gasteiger partial charge in [-0.15, -0.1) is 0 Å². The summed E-state index contributed by atoms with van der Waals surface area (Å²) in [7, 11) is 3.02. The number of nitrogens with one attached hydrogen (secondary N) is 2. The second kappa shape index (κ2) is 18.2. The molecule has 3 saturated heterocycles. The number of fused-ring (bicyclic) bond motifs is 8. The largest absolute Gasteiger partial charge is 0.514 e. The van der Waals surface area contributed by atoms with Gasteiger partial charge in [0.2, 0.25) is 0 Å². The summed E-state index contributed by atoms with van der Waals surface area (Å²) in [5.74, 6) is 1.70. The lowest BCUT2D eigenvalue weighted by Gasteiger charge is -2.35. The molecule has 4 bridgehead atoms. The van der Waals surface area contributed by atoms with E-state index in [4.69, 9.17) is 20.9 Å². The molecular weight excluding hydrogens is 920 g/mol. The number of amides is 4. The average molecular weight is 969 g/mol. The summed E-state index contributed by atoms with van der Waals surface area (Å²) in [6, 6.07) is 9.35. The SMILES string of the molecule is Cc1cc(B2OC(C)(C)C(C)(C)O2)n(C)n1.Cn1nc(C(F)(F)F)cc1-c1ccc2c(n1)N(C(=O)Nc1cnccn1)[C@H]1CCN2C1.O=C(Nc1cnccn1)N1c2nc(Cl)ccc2N2CC[C@H]1C2. The molecule has 69 heavy (non-hydrogen) atoms. The minimum absolute atomic E-state index is 0.0927. The van der Waals surface area contributed by atoms with Gasteiger partial charge in [-0.05, 0) is 83.9 Å². The van der Waals surface area contributed by atoms with Gasteiger partial charge in [-0.1, -0.05) is 11.6 Å². The Morgan fingerprint density at radius 1 is 0.754 bits per heavy atom. The third-order valence-corrected chi connectivity index (χ3v) is 13.1. The summed E-state index contributed by atoms with van der Waals surface area (Å²) in [4.78, 5) is 58.3. The molecule has 0 saturated carbocycles. The zero-order valence-corrected chi connectivity index (χ0v) is 39.6. The number of carbonyl (C=O) groups excluding carboxylic acids is 2. The molecule has 3 fully saturated rings. The molecule has 25 heteroatoms. The van der Waals surface area contributed by atoms with Gasteiger partial charge in [0.25, 0.3) is 0 Å². The number of urea groups is 2. The van der Waals surface area contributed by atoms with Crippen LogP contribution in [-0.2, 0) is 29.6 Å². The Bertz CT molecular complexity index is 2860. The maximum absolute atomic E-state index is 13.1. The van der Waals surface area contributed by atoms with Crippen LogP contribution in [0.4, 0.5) is 57.4 Å². The van der Waals surface area contributed by atoms with E-state index in [1.54, 1.807) is 34.2 Å². The number of alkyl halides is 3. The van der Waals surface area contributed by atoms with Gasteiger partial charge < -0.3 is 19.1 Å². The van der Waals surface area contributed by atoms with Crippen LogP contribution in [-0.4, -0.2) is 118 Å². The lowest BCUT2D eigenvalue weighted by atomic mass is 9.84. The van der Waals surface area contributed by atoms with Gasteiger partial charge in [0.15, 0.2) is 29.0 Å². The van der Waals surface area contributed by atoms with E-state index in [9.17, 15) is 22.8 Å². The van der Waals surface area contributed by atoms with Gasteiger partial charge in [0.05, 0.1) is 69.7 Å². The minimum atomic E-state index is -4.56. The maximum atomic E-state index is 13.1. The highest BCUT2D eigenvalue weighted by atomic mass is 35.5. The van der Waals surface area contributed by atoms with Crippen molar-refractivity contribution < 1.29 is 32.1 Å². The highest BCUT2D eigenvalue weighted by Crippen LogP contribution is 2.42. The summed E-state index contributed by atoms with van der Waals surface area (Å²) in [5, 5.41) is 13.7. The number of anilines is 6. The van der Waals surface area contributed by atoms with E-state index in [1.807, 2.05) is 30.8 Å². The first-order valence-corrected chi connectivity index (χ1v) is 22.5. The van der Waals surface area contributed by atoms with E-state index in [1.165, 1.54) is 38.0 Å². The Morgan fingerprint density at radius 3 is 1.77 bits per heavy atom. The summed E-state index contributed by atoms with van der Waals surface area (Å²) in [6.07, 6.45) is 6.10. The second-order valence-corrected chi connectivity index (χ2v) is 18.4. The fourth-order valence-corrected chi connectivity index (χ4v) is 8.93. The molecule has 5 aliphatic heterocycles. The zero-order chi connectivity index (χ0) is 49.0. The lowest BCUT2D eigenvalue weighted by molar-refractivity contribution is -0.141. The van der Waals surface area contributed by atoms with E-state index in [-0.39, 0.29) is 42.1 Å². The monoisotopic (exact) mass is 968 g/mol. The number of pyridine rings is 2. The van der Waals surface area contributed by atoms with E-state index >= 15 is 0 Å². The Hall–Kier alpha value is -6.92. The predicted molar refractivity (Wildman–Crippen MR) is 253 cm³/mol.